The van der Waals surface area contributed by atoms with Crippen LogP contribution in [0.2, 0.25) is 0 Å². The van der Waals surface area contributed by atoms with Crippen molar-refractivity contribution in [2.24, 2.45) is 4.99 Å². The number of amidine groups is 1. The monoisotopic (exact) mass is 731 g/mol. The Morgan fingerprint density at radius 1 is 0.960 bits per heavy atom. The third kappa shape index (κ3) is 6.90. The fourth-order valence-electron chi connectivity index (χ4n) is 5.79. The van der Waals surface area contributed by atoms with E-state index >= 15 is 0 Å². The molecule has 0 amide bonds. The molecule has 0 saturated heterocycles. The van der Waals surface area contributed by atoms with Crippen molar-refractivity contribution in [2.75, 3.05) is 4.90 Å². The number of benzene rings is 2. The van der Waals surface area contributed by atoms with Gasteiger partial charge in [0.2, 0.25) is 11.8 Å². The lowest BCUT2D eigenvalue weighted by Gasteiger charge is -2.31. The van der Waals surface area contributed by atoms with Crippen LogP contribution in [0.25, 0.3) is 34.2 Å². The van der Waals surface area contributed by atoms with Gasteiger partial charge < -0.3 is 13.6 Å². The van der Waals surface area contributed by atoms with Gasteiger partial charge in [-0.05, 0) is 76.7 Å². The second-order valence-corrected chi connectivity index (χ2v) is 12.5. The minimum Gasteiger partial charge on any atom is -0.484 e. The van der Waals surface area contributed by atoms with Gasteiger partial charge in [-0.3, -0.25) is 4.90 Å². The van der Waals surface area contributed by atoms with Crippen LogP contribution in [-0.2, 0) is 13.0 Å². The van der Waals surface area contributed by atoms with E-state index in [4.69, 9.17) is 18.6 Å². The summed E-state index contributed by atoms with van der Waals surface area (Å²) in [5, 5.41) is 14.6. The number of nitrogens with one attached hydrogen (secondary N) is 1. The van der Waals surface area contributed by atoms with Gasteiger partial charge in [0.25, 0.3) is 5.89 Å². The van der Waals surface area contributed by atoms with Gasteiger partial charge in [-0.1, -0.05) is 68.5 Å². The second kappa shape index (κ2) is 14.4. The molecule has 4 aromatic heterocycles. The van der Waals surface area contributed by atoms with Crippen LogP contribution in [0.3, 0.4) is 0 Å². The number of nitrogens with zero attached hydrogens (tertiary/aromatic N) is 8. The molecule has 0 aliphatic carbocycles. The molecule has 0 radical (unpaired) electrons. The predicted molar refractivity (Wildman–Crippen MR) is 193 cm³/mol. The number of oxazole rings is 1. The second-order valence-electron chi connectivity index (χ2n) is 11.8. The largest absolute Gasteiger partial charge is 0.484 e. The van der Waals surface area contributed by atoms with E-state index in [9.17, 15) is 0 Å². The number of aromatic nitrogens is 7. The van der Waals surface area contributed by atoms with Crippen LogP contribution in [0.1, 0.15) is 50.1 Å². The summed E-state index contributed by atoms with van der Waals surface area (Å²) in [5.41, 5.74) is 7.72. The van der Waals surface area contributed by atoms with E-state index in [1.807, 2.05) is 36.9 Å². The molecule has 0 unspecified atom stereocenters. The van der Waals surface area contributed by atoms with Crippen LogP contribution >= 0.6 is 15.9 Å². The molecule has 0 spiro atoms. The lowest BCUT2D eigenvalue weighted by molar-refractivity contribution is 0.297. The molecular weight excluding hydrogens is 698 g/mol. The number of aliphatic imine (C=N–C) groups is 1. The molecule has 7 rings (SSSR count). The fraction of sp³-hybridized carbons (Fsp3) is 0.216. The van der Waals surface area contributed by atoms with Gasteiger partial charge in [-0.2, -0.15) is 5.21 Å². The van der Waals surface area contributed by atoms with Gasteiger partial charge in [0, 0.05) is 29.0 Å². The highest BCUT2D eigenvalue weighted by Crippen LogP contribution is 2.35. The zero-order valence-electron chi connectivity index (χ0n) is 27.9. The molecule has 5 heterocycles. The Morgan fingerprint density at radius 2 is 1.74 bits per heavy atom. The van der Waals surface area contributed by atoms with Crippen LogP contribution in [0.5, 0.6) is 5.75 Å². The first-order valence-corrected chi connectivity index (χ1v) is 17.0. The highest BCUT2D eigenvalue weighted by molar-refractivity contribution is 9.10. The van der Waals surface area contributed by atoms with Crippen molar-refractivity contribution >= 4 is 27.7 Å². The molecule has 13 heteroatoms. The molecule has 2 aromatic carbocycles. The minimum absolute atomic E-state index is 0.186. The van der Waals surface area contributed by atoms with Crippen LogP contribution in [0.4, 0.5) is 5.95 Å². The van der Waals surface area contributed by atoms with Crippen molar-refractivity contribution < 1.29 is 13.6 Å². The van der Waals surface area contributed by atoms with Gasteiger partial charge in [0.1, 0.15) is 23.9 Å². The average molecular weight is 733 g/mol. The number of H-pyrrole nitrogens is 1. The number of aryl methyl sites for hydroxylation is 1. The van der Waals surface area contributed by atoms with E-state index in [0.29, 0.717) is 51.7 Å². The summed E-state index contributed by atoms with van der Waals surface area (Å²) in [6.45, 7) is 10.7. The van der Waals surface area contributed by atoms with E-state index < -0.39 is 0 Å². The number of anilines is 1. The third-order valence-corrected chi connectivity index (χ3v) is 8.81. The zero-order valence-corrected chi connectivity index (χ0v) is 29.4. The zero-order chi connectivity index (χ0) is 34.6. The van der Waals surface area contributed by atoms with E-state index in [1.165, 1.54) is 0 Å². The molecule has 252 valence electrons. The quantitative estimate of drug-likeness (QED) is 0.130. The summed E-state index contributed by atoms with van der Waals surface area (Å²) in [6.07, 6.45) is 6.90. The number of ether oxygens (including phenoxy) is 1. The van der Waals surface area contributed by atoms with Gasteiger partial charge in [-0.15, -0.1) is 10.2 Å². The van der Waals surface area contributed by atoms with Crippen molar-refractivity contribution in [2.45, 2.75) is 53.1 Å². The number of hydrogen-bond acceptors (Lipinski definition) is 11. The Kier molecular flexibility index (Phi) is 9.47. The SMILES string of the molecule is C=C1C(Cc2ccc(-c3ccccc3-c3nn[nH]n3)cc2)=C(CCCC)N=C(C)N1c1ncc(OCc2nc(-c3ccc(Br)o3)oc2C)cn1. The maximum Gasteiger partial charge on any atom is 0.263 e. The van der Waals surface area contributed by atoms with E-state index in [0.717, 1.165) is 64.3 Å². The first-order valence-electron chi connectivity index (χ1n) is 16.2. The molecular formula is C37H34BrN9O3. The molecule has 6 aromatic rings. The van der Waals surface area contributed by atoms with Crippen molar-refractivity contribution in [3.05, 3.63) is 118 Å². The smallest absolute Gasteiger partial charge is 0.263 e. The van der Waals surface area contributed by atoms with Crippen LogP contribution in [-0.4, -0.2) is 41.4 Å². The predicted octanol–water partition coefficient (Wildman–Crippen LogP) is 8.66. The van der Waals surface area contributed by atoms with E-state index in [-0.39, 0.29) is 6.61 Å². The molecule has 1 N–H and O–H groups in total. The number of rotatable bonds is 12. The summed E-state index contributed by atoms with van der Waals surface area (Å²) in [5.74, 6) is 3.85. The summed E-state index contributed by atoms with van der Waals surface area (Å²) < 4.78 is 17.9. The van der Waals surface area contributed by atoms with Crippen LogP contribution in [0, 0.1) is 6.92 Å². The van der Waals surface area contributed by atoms with Gasteiger partial charge in [-0.25, -0.2) is 19.9 Å². The number of hydrogen-bond donors (Lipinski definition) is 1. The number of furan rings is 1. The molecule has 50 heavy (non-hydrogen) atoms. The average Bonchev–Trinajstić information content (AvgIpc) is 3.91. The number of aromatic amines is 1. The summed E-state index contributed by atoms with van der Waals surface area (Å²) in [7, 11) is 0. The minimum atomic E-state index is 0.186. The molecule has 12 nitrogen and oxygen atoms in total. The van der Waals surface area contributed by atoms with Crippen molar-refractivity contribution in [1.29, 1.82) is 0 Å². The normalized spacial score (nSPS) is 13.2. The summed E-state index contributed by atoms with van der Waals surface area (Å²) in [4.78, 5) is 20.8. The molecule has 1 aliphatic heterocycles. The summed E-state index contributed by atoms with van der Waals surface area (Å²) in [6, 6.07) is 20.1. The number of tetrazole rings is 1. The van der Waals surface area contributed by atoms with Gasteiger partial charge in [0.05, 0.1) is 12.4 Å². The number of unbranched alkanes of at least 4 members (excludes halogenated alkanes) is 1. The van der Waals surface area contributed by atoms with Gasteiger partial charge >= 0.3 is 0 Å². The standard InChI is InChI=1S/C37H34BrN9O3/c1-5-6-11-31-30(18-25-12-14-26(15-13-25)28-9-7-8-10-29(28)35-43-45-46-44-35)22(2)47(24(4)41-31)37-39-19-27(20-40-37)48-21-32-23(3)49-36(42-32)33-16-17-34(38)50-33/h7-10,12-17,19-20H,2,5-6,11,18,21H2,1,3-4H3,(H,43,44,45,46). The highest BCUT2D eigenvalue weighted by Gasteiger charge is 2.27. The van der Waals surface area contributed by atoms with E-state index in [1.54, 1.807) is 24.5 Å². The third-order valence-electron chi connectivity index (χ3n) is 8.38. The van der Waals surface area contributed by atoms with Crippen LogP contribution in [0.15, 0.2) is 115 Å². The van der Waals surface area contributed by atoms with E-state index in [2.05, 4.69) is 95.3 Å². The summed E-state index contributed by atoms with van der Waals surface area (Å²) >= 11 is 3.31. The Hall–Kier alpha value is -5.69. The van der Waals surface area contributed by atoms with Crippen molar-refractivity contribution in [3.8, 4) is 39.9 Å². The Balaban J connectivity index is 1.08. The molecule has 0 bridgehead atoms. The lowest BCUT2D eigenvalue weighted by Crippen LogP contribution is -2.33. The first kappa shape index (κ1) is 32.8. The fourth-order valence-corrected chi connectivity index (χ4v) is 6.10. The maximum atomic E-state index is 5.98. The Morgan fingerprint density at radius 3 is 2.44 bits per heavy atom. The maximum absolute atomic E-state index is 5.98. The Labute approximate surface area is 297 Å². The highest BCUT2D eigenvalue weighted by atomic mass is 79.9. The lowest BCUT2D eigenvalue weighted by atomic mass is 9.94. The molecule has 1 aliphatic rings. The van der Waals surface area contributed by atoms with Gasteiger partial charge in [0.15, 0.2) is 16.2 Å². The van der Waals surface area contributed by atoms with Crippen molar-refractivity contribution in [1.82, 2.24) is 35.6 Å². The molecule has 0 saturated carbocycles. The molecule has 0 atom stereocenters. The number of allylic oxidation sites excluding steroid dienone is 2. The first-order chi connectivity index (χ1) is 24.4. The van der Waals surface area contributed by atoms with Crippen LogP contribution < -0.4 is 9.64 Å². The van der Waals surface area contributed by atoms with Crippen molar-refractivity contribution in [3.63, 3.8) is 0 Å². The molecule has 0 fully saturated rings. The Bertz CT molecular complexity index is 2180. The number of halogens is 1. The topological polar surface area (TPSA) is 144 Å².